The number of hydrogen-bond donors (Lipinski definition) is 4. The summed E-state index contributed by atoms with van der Waals surface area (Å²) in [5, 5.41) is 22.1. The number of aliphatic carboxylic acids is 2. The Morgan fingerprint density at radius 1 is 1.13 bits per heavy atom. The number of alkyl halides is 6. The number of carboxylic acids is 2. The molecule has 5 rings (SSSR count). The fraction of sp³-hybridized carbons (Fsp3) is 0.360. The number of rotatable bonds is 4. The quantitative estimate of drug-likeness (QED) is 0.229. The maximum absolute atomic E-state index is 13.2. The number of hydrogen-bond acceptors (Lipinski definition) is 8. The third-order valence-corrected chi connectivity index (χ3v) is 6.73. The molecule has 0 spiro atoms. The molecule has 1 amide bonds. The summed E-state index contributed by atoms with van der Waals surface area (Å²) in [4.78, 5) is 41.9. The number of nitrogens with two attached hydrogens (primary N) is 1. The molecular weight excluding hydrogens is 642 g/mol. The van der Waals surface area contributed by atoms with Gasteiger partial charge in [-0.25, -0.2) is 24.1 Å². The lowest BCUT2D eigenvalue weighted by molar-refractivity contribution is -0.193. The summed E-state index contributed by atoms with van der Waals surface area (Å²) < 4.78 is 67.0. The fourth-order valence-electron chi connectivity index (χ4n) is 4.39. The van der Waals surface area contributed by atoms with Gasteiger partial charge >= 0.3 is 24.3 Å². The molecule has 4 aromatic rings. The van der Waals surface area contributed by atoms with Gasteiger partial charge in [0.25, 0.3) is 5.91 Å². The van der Waals surface area contributed by atoms with Crippen LogP contribution in [0.1, 0.15) is 48.7 Å². The molecule has 2 atom stereocenters. The van der Waals surface area contributed by atoms with Crippen molar-refractivity contribution in [2.75, 3.05) is 17.2 Å². The highest BCUT2D eigenvalue weighted by molar-refractivity contribution is 6.34. The van der Waals surface area contributed by atoms with Gasteiger partial charge in [-0.2, -0.15) is 26.3 Å². The third kappa shape index (κ3) is 8.02. The minimum Gasteiger partial charge on any atom is -0.475 e. The Morgan fingerprint density at radius 3 is 2.27 bits per heavy atom. The first-order chi connectivity index (χ1) is 20.8. The van der Waals surface area contributed by atoms with Gasteiger partial charge in [0, 0.05) is 30.5 Å². The SMILES string of the molecule is CC(NC(=O)c1c(N)nn2cccnc12)c1cc(Cl)c2cncn2c1N1CCC[C@@H]1C.O=C(O)C(F)(F)F.O=C(O)C(F)(F)F. The number of carbonyl (C=O) groups excluding carboxylic acids is 1. The highest BCUT2D eigenvalue weighted by Crippen LogP contribution is 2.36. The summed E-state index contributed by atoms with van der Waals surface area (Å²) in [5.74, 6) is -4.71. The normalized spacial score (nSPS) is 15.6. The molecule has 5 N–H and O–H groups in total. The number of amides is 1. The highest BCUT2D eigenvalue weighted by Gasteiger charge is 2.39. The predicted molar refractivity (Wildman–Crippen MR) is 147 cm³/mol. The summed E-state index contributed by atoms with van der Waals surface area (Å²) in [5.41, 5.74) is 8.47. The van der Waals surface area contributed by atoms with Gasteiger partial charge in [-0.05, 0) is 38.8 Å². The number of imidazole rings is 1. The zero-order valence-electron chi connectivity index (χ0n) is 23.3. The number of fused-ring (bicyclic) bond motifs is 2. The molecule has 1 unspecified atom stereocenters. The van der Waals surface area contributed by atoms with Crippen molar-refractivity contribution in [1.29, 1.82) is 0 Å². The number of carbonyl (C=O) groups is 3. The van der Waals surface area contributed by atoms with Crippen LogP contribution >= 0.6 is 11.6 Å². The van der Waals surface area contributed by atoms with E-state index in [-0.39, 0.29) is 23.3 Å². The topological polar surface area (TPSA) is 180 Å². The van der Waals surface area contributed by atoms with Crippen molar-refractivity contribution in [2.45, 2.75) is 51.1 Å². The van der Waals surface area contributed by atoms with Gasteiger partial charge in [-0.1, -0.05) is 11.6 Å². The molecule has 0 aromatic carbocycles. The molecule has 4 aromatic heterocycles. The number of nitrogens with zero attached hydrogens (tertiary/aromatic N) is 6. The molecule has 244 valence electrons. The van der Waals surface area contributed by atoms with Crippen LogP contribution in [-0.4, -0.2) is 77.0 Å². The van der Waals surface area contributed by atoms with Crippen molar-refractivity contribution >= 4 is 52.2 Å². The Labute approximate surface area is 254 Å². The van der Waals surface area contributed by atoms with Gasteiger partial charge in [0.15, 0.2) is 11.5 Å². The van der Waals surface area contributed by atoms with E-state index >= 15 is 0 Å². The Bertz CT molecular complexity index is 1680. The van der Waals surface area contributed by atoms with Crippen molar-refractivity contribution in [2.24, 2.45) is 0 Å². The molecule has 0 radical (unpaired) electrons. The summed E-state index contributed by atoms with van der Waals surface area (Å²) in [6.45, 7) is 5.09. The lowest BCUT2D eigenvalue weighted by Crippen LogP contribution is -2.33. The molecule has 1 saturated heterocycles. The van der Waals surface area contributed by atoms with Crippen molar-refractivity contribution in [3.63, 3.8) is 0 Å². The Morgan fingerprint density at radius 2 is 1.73 bits per heavy atom. The van der Waals surface area contributed by atoms with E-state index in [1.807, 2.05) is 17.4 Å². The van der Waals surface area contributed by atoms with Crippen molar-refractivity contribution in [3.05, 3.63) is 53.2 Å². The van der Waals surface area contributed by atoms with E-state index in [2.05, 4.69) is 32.2 Å². The van der Waals surface area contributed by atoms with Crippen LogP contribution in [0.4, 0.5) is 38.0 Å². The van der Waals surface area contributed by atoms with Crippen molar-refractivity contribution < 1.29 is 50.9 Å². The monoisotopic (exact) mass is 666 g/mol. The summed E-state index contributed by atoms with van der Waals surface area (Å²) in [7, 11) is 0. The minimum absolute atomic E-state index is 0.139. The second-order valence-corrected chi connectivity index (χ2v) is 9.96. The van der Waals surface area contributed by atoms with Crippen LogP contribution in [0, 0.1) is 0 Å². The highest BCUT2D eigenvalue weighted by atomic mass is 35.5. The number of anilines is 2. The lowest BCUT2D eigenvalue weighted by Gasteiger charge is -2.30. The third-order valence-electron chi connectivity index (χ3n) is 6.43. The van der Waals surface area contributed by atoms with Crippen LogP contribution in [0.3, 0.4) is 0 Å². The van der Waals surface area contributed by atoms with E-state index in [4.69, 9.17) is 37.1 Å². The summed E-state index contributed by atoms with van der Waals surface area (Å²) in [6, 6.07) is 3.70. The molecule has 0 aliphatic carbocycles. The van der Waals surface area contributed by atoms with Crippen LogP contribution in [0.25, 0.3) is 11.2 Å². The molecule has 20 heteroatoms. The smallest absolute Gasteiger partial charge is 0.475 e. The second kappa shape index (κ2) is 13.4. The van der Waals surface area contributed by atoms with E-state index in [0.717, 1.165) is 36.3 Å². The van der Waals surface area contributed by atoms with E-state index < -0.39 is 24.3 Å². The van der Waals surface area contributed by atoms with Gasteiger partial charge in [-0.15, -0.1) is 5.10 Å². The van der Waals surface area contributed by atoms with Crippen molar-refractivity contribution in [3.8, 4) is 0 Å². The Kier molecular flexibility index (Phi) is 10.4. The number of nitrogen functional groups attached to an aromatic ring is 1. The molecule has 1 aliphatic heterocycles. The first kappa shape index (κ1) is 34.7. The van der Waals surface area contributed by atoms with Gasteiger partial charge in [-0.3, -0.25) is 9.20 Å². The molecule has 45 heavy (non-hydrogen) atoms. The molecule has 13 nitrogen and oxygen atoms in total. The number of halogens is 7. The van der Waals surface area contributed by atoms with Gasteiger partial charge < -0.3 is 26.2 Å². The summed E-state index contributed by atoms with van der Waals surface area (Å²) in [6.07, 6.45) is -1.10. The number of aromatic nitrogens is 5. The molecule has 1 fully saturated rings. The van der Waals surface area contributed by atoms with Crippen LogP contribution in [0.5, 0.6) is 0 Å². The Balaban J connectivity index is 0.000000331. The first-order valence-electron chi connectivity index (χ1n) is 12.8. The number of nitrogens with one attached hydrogen (secondary N) is 1. The van der Waals surface area contributed by atoms with Crippen LogP contribution in [-0.2, 0) is 9.59 Å². The molecule has 0 saturated carbocycles. The van der Waals surface area contributed by atoms with Crippen LogP contribution in [0.15, 0.2) is 37.1 Å². The zero-order valence-corrected chi connectivity index (χ0v) is 24.0. The minimum atomic E-state index is -5.08. The fourth-order valence-corrected chi connectivity index (χ4v) is 4.65. The average Bonchev–Trinajstić information content (AvgIpc) is 3.66. The molecule has 5 heterocycles. The van der Waals surface area contributed by atoms with E-state index in [9.17, 15) is 31.1 Å². The largest absolute Gasteiger partial charge is 0.490 e. The molecule has 1 aliphatic rings. The van der Waals surface area contributed by atoms with E-state index in [1.54, 1.807) is 31.0 Å². The first-order valence-corrected chi connectivity index (χ1v) is 13.1. The predicted octanol–water partition coefficient (Wildman–Crippen LogP) is 4.36. The van der Waals surface area contributed by atoms with Gasteiger partial charge in [0.2, 0.25) is 0 Å². The Hall–Kier alpha value is -4.81. The molecular formula is C25H25ClF6N8O5. The maximum Gasteiger partial charge on any atom is 0.490 e. The lowest BCUT2D eigenvalue weighted by atomic mass is 10.1. The zero-order chi connectivity index (χ0) is 33.9. The number of carboxylic acid groups (broad SMARTS) is 2. The van der Waals surface area contributed by atoms with Gasteiger partial charge in [0.05, 0.1) is 22.8 Å². The standard InChI is InChI=1S/C21H23ClN8O.2C2HF3O2/c1-12-5-3-7-28(12)21-14(9-15(22)16-10-24-11-29(16)21)13(2)26-20(31)17-18(23)27-30-8-4-6-25-19(17)30;2*3-2(4,5)1(6)7/h4,6,8-13H,3,5,7H2,1-2H3,(H2,23,27)(H,26,31);2*(H,6,7)/t12-,13?;;/m0../s1. The second-order valence-electron chi connectivity index (χ2n) is 9.55. The molecule has 0 bridgehead atoms. The van der Waals surface area contributed by atoms with E-state index in [0.29, 0.717) is 16.7 Å². The van der Waals surface area contributed by atoms with Crippen LogP contribution < -0.4 is 16.0 Å². The maximum atomic E-state index is 13.2. The summed E-state index contributed by atoms with van der Waals surface area (Å²) >= 11 is 6.57. The average molecular weight is 667 g/mol. The van der Waals surface area contributed by atoms with E-state index in [1.165, 1.54) is 4.52 Å². The van der Waals surface area contributed by atoms with Crippen LogP contribution in [0.2, 0.25) is 5.02 Å². The van der Waals surface area contributed by atoms with Gasteiger partial charge in [0.1, 0.15) is 17.7 Å². The van der Waals surface area contributed by atoms with Crippen molar-refractivity contribution in [1.82, 2.24) is 29.3 Å². The number of pyridine rings is 1.